The van der Waals surface area contributed by atoms with E-state index < -0.39 is 0 Å². The number of amides is 1. The van der Waals surface area contributed by atoms with Crippen molar-refractivity contribution in [1.29, 1.82) is 0 Å². The Kier molecular flexibility index (Phi) is 8.34. The van der Waals surface area contributed by atoms with Gasteiger partial charge in [-0.1, -0.05) is 37.3 Å². The van der Waals surface area contributed by atoms with E-state index in [2.05, 4.69) is 34.3 Å². The second kappa shape index (κ2) is 10.3. The van der Waals surface area contributed by atoms with E-state index in [0.29, 0.717) is 25.0 Å². The van der Waals surface area contributed by atoms with Crippen LogP contribution in [0, 0.1) is 5.92 Å². The number of halogens is 1. The van der Waals surface area contributed by atoms with Crippen molar-refractivity contribution in [2.45, 2.75) is 38.3 Å². The van der Waals surface area contributed by atoms with Crippen molar-refractivity contribution in [3.8, 4) is 0 Å². The van der Waals surface area contributed by atoms with Crippen LogP contribution in [0.15, 0.2) is 35.3 Å². The second-order valence-corrected chi connectivity index (χ2v) is 7.36. The number of nitrogens with two attached hydrogens (primary N) is 1. The van der Waals surface area contributed by atoms with Crippen LogP contribution in [0.3, 0.4) is 0 Å². The number of carbonyl (C=O) groups is 1. The number of benzene rings is 1. The molecule has 2 aliphatic rings. The third-order valence-corrected chi connectivity index (χ3v) is 5.76. The molecule has 1 amide bonds. The summed E-state index contributed by atoms with van der Waals surface area (Å²) in [6.07, 6.45) is 3.00. The summed E-state index contributed by atoms with van der Waals surface area (Å²) >= 11 is 0. The van der Waals surface area contributed by atoms with Gasteiger partial charge < -0.3 is 16.0 Å². The number of carbonyl (C=O) groups excluding carboxylic acids is 1. The van der Waals surface area contributed by atoms with Crippen LogP contribution in [0.2, 0.25) is 0 Å². The highest BCUT2D eigenvalue weighted by Crippen LogP contribution is 2.36. The molecule has 7 heteroatoms. The highest BCUT2D eigenvalue weighted by molar-refractivity contribution is 14.0. The van der Waals surface area contributed by atoms with Gasteiger partial charge in [-0.15, -0.1) is 24.0 Å². The van der Waals surface area contributed by atoms with E-state index in [0.717, 1.165) is 18.7 Å². The summed E-state index contributed by atoms with van der Waals surface area (Å²) in [4.78, 5) is 21.1. The van der Waals surface area contributed by atoms with Crippen molar-refractivity contribution in [3.63, 3.8) is 0 Å². The molecule has 0 aliphatic carbocycles. The topological polar surface area (TPSA) is 74.0 Å². The molecule has 3 unspecified atom stereocenters. The van der Waals surface area contributed by atoms with Crippen LogP contribution in [0.25, 0.3) is 0 Å². The summed E-state index contributed by atoms with van der Waals surface area (Å²) in [6.45, 7) is 5.87. The fourth-order valence-corrected chi connectivity index (χ4v) is 4.30. The Balaban J connectivity index is 0.00000261. The van der Waals surface area contributed by atoms with E-state index in [9.17, 15) is 4.79 Å². The number of hydrogen-bond acceptors (Lipinski definition) is 3. The Morgan fingerprint density at radius 3 is 2.78 bits per heavy atom. The standard InChI is InChI=1S/C20H31N5O.HI/c1-3-25-11-7-10-17(25)14-23-20(21)22-13-16-12-18(26)24(2)19(16)15-8-5-4-6-9-15;/h4-6,8-9,16-17,19H,3,7,10-14H2,1-2H3,(H3,21,22,23);1H. The van der Waals surface area contributed by atoms with E-state index in [4.69, 9.17) is 5.73 Å². The molecule has 1 aromatic rings. The Labute approximate surface area is 179 Å². The van der Waals surface area contributed by atoms with Crippen molar-refractivity contribution in [3.05, 3.63) is 35.9 Å². The van der Waals surface area contributed by atoms with Gasteiger partial charge in [0, 0.05) is 38.5 Å². The smallest absolute Gasteiger partial charge is 0.223 e. The van der Waals surface area contributed by atoms with E-state index in [1.54, 1.807) is 0 Å². The third kappa shape index (κ3) is 5.34. The molecule has 0 aromatic heterocycles. The summed E-state index contributed by atoms with van der Waals surface area (Å²) in [5.74, 6) is 0.825. The maximum atomic E-state index is 12.2. The number of guanidine groups is 1. The molecule has 2 heterocycles. The lowest BCUT2D eigenvalue weighted by molar-refractivity contribution is -0.127. The zero-order valence-electron chi connectivity index (χ0n) is 16.3. The molecule has 1 aromatic carbocycles. The first-order valence-corrected chi connectivity index (χ1v) is 9.68. The van der Waals surface area contributed by atoms with E-state index in [1.165, 1.54) is 19.4 Å². The molecule has 6 nitrogen and oxygen atoms in total. The van der Waals surface area contributed by atoms with Gasteiger partial charge in [0.1, 0.15) is 0 Å². The maximum absolute atomic E-state index is 12.2. The molecule has 0 bridgehead atoms. The fourth-order valence-electron chi connectivity index (χ4n) is 4.30. The molecule has 0 saturated carbocycles. The molecule has 2 fully saturated rings. The quantitative estimate of drug-likeness (QED) is 0.368. The highest BCUT2D eigenvalue weighted by atomic mass is 127. The molecule has 3 rings (SSSR count). The predicted octanol–water partition coefficient (Wildman–Crippen LogP) is 2.21. The lowest BCUT2D eigenvalue weighted by Gasteiger charge is -2.25. The van der Waals surface area contributed by atoms with Gasteiger partial charge in [0.25, 0.3) is 0 Å². The number of aliphatic imine (C=N–C) groups is 1. The minimum atomic E-state index is 0. The Morgan fingerprint density at radius 2 is 2.07 bits per heavy atom. The van der Waals surface area contributed by atoms with Gasteiger partial charge in [-0.05, 0) is 31.5 Å². The Hall–Kier alpha value is -1.35. The lowest BCUT2D eigenvalue weighted by atomic mass is 9.94. The monoisotopic (exact) mass is 485 g/mol. The van der Waals surface area contributed by atoms with Crippen LogP contribution in [0.5, 0.6) is 0 Å². The molecular weight excluding hydrogens is 453 g/mol. The molecule has 2 aliphatic heterocycles. The van der Waals surface area contributed by atoms with Crippen molar-refractivity contribution < 1.29 is 4.79 Å². The van der Waals surface area contributed by atoms with Crippen LogP contribution in [0.1, 0.15) is 37.8 Å². The average molecular weight is 485 g/mol. The van der Waals surface area contributed by atoms with Gasteiger partial charge in [-0.3, -0.25) is 14.7 Å². The summed E-state index contributed by atoms with van der Waals surface area (Å²) in [7, 11) is 1.88. The van der Waals surface area contributed by atoms with Crippen LogP contribution in [0.4, 0.5) is 0 Å². The highest BCUT2D eigenvalue weighted by Gasteiger charge is 2.38. The van der Waals surface area contributed by atoms with Gasteiger partial charge in [0.15, 0.2) is 5.96 Å². The largest absolute Gasteiger partial charge is 0.370 e. The maximum Gasteiger partial charge on any atom is 0.223 e. The van der Waals surface area contributed by atoms with Crippen LogP contribution in [-0.2, 0) is 4.79 Å². The minimum absolute atomic E-state index is 0. The second-order valence-electron chi connectivity index (χ2n) is 7.36. The average Bonchev–Trinajstić information content (AvgIpc) is 3.23. The minimum Gasteiger partial charge on any atom is -0.370 e. The van der Waals surface area contributed by atoms with Gasteiger partial charge >= 0.3 is 0 Å². The third-order valence-electron chi connectivity index (χ3n) is 5.76. The zero-order chi connectivity index (χ0) is 18.5. The molecular formula is C20H32IN5O. The summed E-state index contributed by atoms with van der Waals surface area (Å²) in [5.41, 5.74) is 7.26. The summed E-state index contributed by atoms with van der Waals surface area (Å²) in [6, 6.07) is 10.8. The first kappa shape index (κ1) is 21.9. The molecule has 150 valence electrons. The van der Waals surface area contributed by atoms with Crippen molar-refractivity contribution >= 4 is 35.8 Å². The van der Waals surface area contributed by atoms with Crippen molar-refractivity contribution in [2.24, 2.45) is 16.6 Å². The van der Waals surface area contributed by atoms with Crippen LogP contribution in [-0.4, -0.2) is 60.9 Å². The van der Waals surface area contributed by atoms with Gasteiger partial charge in [0.05, 0.1) is 6.04 Å². The van der Waals surface area contributed by atoms with Crippen molar-refractivity contribution in [2.75, 3.05) is 33.2 Å². The number of nitrogens with one attached hydrogen (secondary N) is 1. The van der Waals surface area contributed by atoms with Crippen LogP contribution >= 0.6 is 24.0 Å². The van der Waals surface area contributed by atoms with Gasteiger partial charge in [-0.25, -0.2) is 0 Å². The normalized spacial score (nSPS) is 26.3. The molecule has 0 radical (unpaired) electrons. The van der Waals surface area contributed by atoms with Crippen molar-refractivity contribution in [1.82, 2.24) is 15.1 Å². The Bertz CT molecular complexity index is 639. The van der Waals surface area contributed by atoms with E-state index in [-0.39, 0.29) is 41.8 Å². The first-order chi connectivity index (χ1) is 12.6. The van der Waals surface area contributed by atoms with Gasteiger partial charge in [0.2, 0.25) is 5.91 Å². The fraction of sp³-hybridized carbons (Fsp3) is 0.600. The SMILES string of the molecule is CCN1CCCC1CNC(N)=NCC1CC(=O)N(C)C1c1ccccc1.I. The van der Waals surface area contributed by atoms with E-state index in [1.807, 2.05) is 30.1 Å². The number of rotatable bonds is 6. The Morgan fingerprint density at radius 1 is 1.33 bits per heavy atom. The molecule has 27 heavy (non-hydrogen) atoms. The van der Waals surface area contributed by atoms with Gasteiger partial charge in [-0.2, -0.15) is 0 Å². The molecule has 2 saturated heterocycles. The summed E-state index contributed by atoms with van der Waals surface area (Å²) in [5, 5.41) is 3.28. The molecule has 3 atom stereocenters. The predicted molar refractivity (Wildman–Crippen MR) is 120 cm³/mol. The summed E-state index contributed by atoms with van der Waals surface area (Å²) < 4.78 is 0. The van der Waals surface area contributed by atoms with E-state index >= 15 is 0 Å². The number of likely N-dealkylation sites (N-methyl/N-ethyl adjacent to an activating group) is 1. The first-order valence-electron chi connectivity index (χ1n) is 9.68. The number of nitrogens with zero attached hydrogens (tertiary/aromatic N) is 3. The number of hydrogen-bond donors (Lipinski definition) is 2. The lowest BCUT2D eigenvalue weighted by Crippen LogP contribution is -2.43. The molecule has 0 spiro atoms. The number of likely N-dealkylation sites (tertiary alicyclic amines) is 2. The van der Waals surface area contributed by atoms with Crippen LogP contribution < -0.4 is 11.1 Å². The zero-order valence-corrected chi connectivity index (χ0v) is 18.6. The molecule has 3 N–H and O–H groups in total.